The number of rotatable bonds is 9. The van der Waals surface area contributed by atoms with E-state index in [1.165, 1.54) is 18.2 Å². The molecule has 7 rings (SSSR count). The zero-order chi connectivity index (χ0) is 32.0. The van der Waals surface area contributed by atoms with Crippen LogP contribution in [0.4, 0.5) is 14.5 Å². The highest BCUT2D eigenvalue weighted by Gasteiger charge is 2.54. The smallest absolute Gasteiger partial charge is 0.311 e. The first kappa shape index (κ1) is 30.3. The van der Waals surface area contributed by atoms with Crippen LogP contribution in [0.25, 0.3) is 0 Å². The zero-order valence-electron chi connectivity index (χ0n) is 24.8. The van der Waals surface area contributed by atoms with Gasteiger partial charge < -0.3 is 30.3 Å². The molecule has 45 heavy (non-hydrogen) atoms. The van der Waals surface area contributed by atoms with Gasteiger partial charge in [-0.1, -0.05) is 0 Å². The van der Waals surface area contributed by atoms with Crippen molar-refractivity contribution in [3.63, 3.8) is 0 Å². The van der Waals surface area contributed by atoms with Crippen LogP contribution in [0.5, 0.6) is 28.9 Å². The van der Waals surface area contributed by atoms with E-state index in [2.05, 4.69) is 9.98 Å². The lowest BCUT2D eigenvalue weighted by Gasteiger charge is -2.53. The SMILES string of the molecule is CN1CC=NC1c1cc(N(C)C2CC3CCC2(C(=O)O)CC3)ccc1Oc1c(F)cnc(Oc2cc(C(=N)N)ccc2O)c1F. The van der Waals surface area contributed by atoms with Crippen LogP contribution >= 0.6 is 0 Å². The molecule has 2 unspecified atom stereocenters. The molecule has 4 aliphatic rings. The van der Waals surface area contributed by atoms with Gasteiger partial charge in [0.15, 0.2) is 17.3 Å². The van der Waals surface area contributed by atoms with Gasteiger partial charge in [-0.05, 0) is 81.5 Å². The van der Waals surface area contributed by atoms with Gasteiger partial charge in [-0.3, -0.25) is 20.1 Å². The van der Waals surface area contributed by atoms with Crippen LogP contribution in [0.3, 0.4) is 0 Å². The number of nitrogens with one attached hydrogen (secondary N) is 1. The molecule has 0 spiro atoms. The largest absolute Gasteiger partial charge is 0.504 e. The fourth-order valence-electron chi connectivity index (χ4n) is 6.80. The van der Waals surface area contributed by atoms with Gasteiger partial charge in [-0.15, -0.1) is 0 Å². The number of phenolic OH excluding ortho intramolecular Hbond substituents is 1. The molecule has 2 atom stereocenters. The van der Waals surface area contributed by atoms with Gasteiger partial charge in [-0.25, -0.2) is 9.37 Å². The molecule has 3 saturated carbocycles. The number of hydrogen-bond donors (Lipinski definition) is 4. The van der Waals surface area contributed by atoms with Crippen LogP contribution < -0.4 is 20.1 Å². The van der Waals surface area contributed by atoms with E-state index in [1.807, 2.05) is 30.0 Å². The van der Waals surface area contributed by atoms with Crippen LogP contribution in [-0.2, 0) is 4.79 Å². The van der Waals surface area contributed by atoms with Crippen molar-refractivity contribution < 1.29 is 33.3 Å². The number of pyridine rings is 1. The zero-order valence-corrected chi connectivity index (χ0v) is 24.8. The second-order valence-electron chi connectivity index (χ2n) is 12.0. The lowest BCUT2D eigenvalue weighted by molar-refractivity contribution is -0.157. The Kier molecular flexibility index (Phi) is 7.81. The molecule has 11 nitrogen and oxygen atoms in total. The first-order valence-electron chi connectivity index (χ1n) is 14.7. The van der Waals surface area contributed by atoms with E-state index in [9.17, 15) is 15.0 Å². The highest BCUT2D eigenvalue weighted by molar-refractivity contribution is 5.95. The number of amidine groups is 1. The normalized spacial score (nSPS) is 24.0. The summed E-state index contributed by atoms with van der Waals surface area (Å²) in [5.41, 5.74) is 6.17. The Morgan fingerprint density at radius 2 is 1.91 bits per heavy atom. The van der Waals surface area contributed by atoms with Crippen molar-refractivity contribution in [1.82, 2.24) is 9.88 Å². The van der Waals surface area contributed by atoms with Crippen molar-refractivity contribution >= 4 is 23.7 Å². The monoisotopic (exact) mass is 620 g/mol. The van der Waals surface area contributed by atoms with E-state index in [0.717, 1.165) is 31.1 Å². The van der Waals surface area contributed by atoms with Crippen molar-refractivity contribution in [1.29, 1.82) is 5.41 Å². The molecule has 5 N–H and O–H groups in total. The number of aromatic nitrogens is 1. The number of nitrogens with two attached hydrogens (primary N) is 1. The van der Waals surface area contributed by atoms with E-state index >= 15 is 8.78 Å². The minimum atomic E-state index is -1.25. The van der Waals surface area contributed by atoms with E-state index in [0.29, 0.717) is 30.9 Å². The summed E-state index contributed by atoms with van der Waals surface area (Å²) in [6.07, 6.45) is 5.83. The second-order valence-corrected chi connectivity index (χ2v) is 12.0. The second kappa shape index (κ2) is 11.6. The summed E-state index contributed by atoms with van der Waals surface area (Å²) in [6, 6.07) is 8.81. The minimum absolute atomic E-state index is 0.137. The number of nitrogen functional groups attached to an aromatic ring is 1. The van der Waals surface area contributed by atoms with Crippen LogP contribution in [0.15, 0.2) is 47.6 Å². The van der Waals surface area contributed by atoms with Gasteiger partial charge in [0, 0.05) is 42.7 Å². The van der Waals surface area contributed by atoms with Gasteiger partial charge in [0.1, 0.15) is 17.8 Å². The molecule has 0 saturated heterocycles. The number of anilines is 1. The molecule has 1 aromatic heterocycles. The molecule has 3 aliphatic carbocycles. The molecule has 3 aromatic rings. The highest BCUT2D eigenvalue weighted by atomic mass is 19.1. The molecular formula is C32H34F2N6O5. The lowest BCUT2D eigenvalue weighted by atomic mass is 9.57. The summed E-state index contributed by atoms with van der Waals surface area (Å²) >= 11 is 0. The van der Waals surface area contributed by atoms with E-state index < -0.39 is 40.8 Å². The number of aliphatic imine (C=N–C) groups is 1. The van der Waals surface area contributed by atoms with Gasteiger partial charge in [-0.2, -0.15) is 4.39 Å². The Hall–Kier alpha value is -4.78. The third-order valence-electron chi connectivity index (χ3n) is 9.39. The van der Waals surface area contributed by atoms with Gasteiger partial charge in [0.2, 0.25) is 11.6 Å². The maximum absolute atomic E-state index is 15.7. The average Bonchev–Trinajstić information content (AvgIpc) is 3.47. The number of ether oxygens (including phenoxy) is 2. The van der Waals surface area contributed by atoms with Gasteiger partial charge in [0.25, 0.3) is 5.88 Å². The van der Waals surface area contributed by atoms with Crippen LogP contribution in [0, 0.1) is 28.4 Å². The van der Waals surface area contributed by atoms with E-state index in [-0.39, 0.29) is 34.7 Å². The summed E-state index contributed by atoms with van der Waals surface area (Å²) in [7, 11) is 3.75. The molecule has 2 bridgehead atoms. The summed E-state index contributed by atoms with van der Waals surface area (Å²) in [5, 5.41) is 28.1. The van der Waals surface area contributed by atoms with Crippen molar-refractivity contribution in [2.24, 2.45) is 22.1 Å². The van der Waals surface area contributed by atoms with Crippen LogP contribution in [-0.4, -0.2) is 64.8 Å². The Bertz CT molecular complexity index is 1690. The first-order chi connectivity index (χ1) is 21.5. The van der Waals surface area contributed by atoms with E-state index in [4.69, 9.17) is 20.6 Å². The first-order valence-corrected chi connectivity index (χ1v) is 14.7. The van der Waals surface area contributed by atoms with E-state index in [1.54, 1.807) is 18.3 Å². The van der Waals surface area contributed by atoms with Crippen molar-refractivity contribution in [2.75, 3.05) is 25.5 Å². The summed E-state index contributed by atoms with van der Waals surface area (Å²) in [6.45, 7) is 0.551. The Labute approximate surface area is 258 Å². The Morgan fingerprint density at radius 1 is 1.16 bits per heavy atom. The number of carboxylic acid groups (broad SMARTS) is 1. The van der Waals surface area contributed by atoms with Gasteiger partial charge >= 0.3 is 5.97 Å². The predicted octanol–water partition coefficient (Wildman–Crippen LogP) is 5.42. The molecule has 1 aliphatic heterocycles. The number of aliphatic carboxylic acids is 1. The Balaban J connectivity index is 1.35. The molecule has 2 aromatic carbocycles. The molecule has 3 fully saturated rings. The van der Waals surface area contributed by atoms with Crippen LogP contribution in [0.1, 0.15) is 49.4 Å². The Morgan fingerprint density at radius 3 is 2.58 bits per heavy atom. The standard InChI is InChI=1S/C32H34F2N6O5/c1-39-12-11-37-29(39)20-15-19(40(2)25-13-17-7-9-32(25,10-8-17)31(42)43)4-6-23(20)44-27-21(33)16-38-30(26(27)34)45-24-14-18(28(35)36)3-5-22(24)41/h3-6,11,14-17,25,29,41H,7-10,12-13H2,1-2H3,(H3,35,36)(H,42,43). The summed E-state index contributed by atoms with van der Waals surface area (Å²) < 4.78 is 42.1. The number of hydrogen-bond acceptors (Lipinski definition) is 9. The maximum Gasteiger partial charge on any atom is 0.311 e. The van der Waals surface area contributed by atoms with Crippen LogP contribution in [0.2, 0.25) is 0 Å². The van der Waals surface area contributed by atoms with Crippen molar-refractivity contribution in [2.45, 2.75) is 44.3 Å². The third kappa shape index (κ3) is 5.41. The number of fused-ring (bicyclic) bond motifs is 3. The predicted molar refractivity (Wildman–Crippen MR) is 163 cm³/mol. The number of benzene rings is 2. The quantitative estimate of drug-likeness (QED) is 0.181. The molecule has 2 heterocycles. The number of nitrogens with zero attached hydrogens (tertiary/aromatic N) is 4. The van der Waals surface area contributed by atoms with Crippen molar-refractivity contribution in [3.05, 3.63) is 65.4 Å². The number of carbonyl (C=O) groups is 1. The maximum atomic E-state index is 15.7. The topological polar surface area (TPSA) is 158 Å². The summed E-state index contributed by atoms with van der Waals surface area (Å²) in [5.74, 6) is -4.84. The lowest BCUT2D eigenvalue weighted by Crippen LogP contribution is -2.57. The number of carboxylic acids is 1. The molecule has 236 valence electrons. The molecule has 0 amide bonds. The van der Waals surface area contributed by atoms with Crippen molar-refractivity contribution in [3.8, 4) is 28.9 Å². The minimum Gasteiger partial charge on any atom is -0.504 e. The fraction of sp³-hybridized carbons (Fsp3) is 0.375. The third-order valence-corrected chi connectivity index (χ3v) is 9.39. The number of halogens is 2. The molecule has 13 heteroatoms. The molecule has 0 radical (unpaired) electrons. The number of aromatic hydroxyl groups is 1. The fourth-order valence-corrected chi connectivity index (χ4v) is 6.80. The summed E-state index contributed by atoms with van der Waals surface area (Å²) in [4.78, 5) is 24.7. The average molecular weight is 621 g/mol. The highest BCUT2D eigenvalue weighted by Crippen LogP contribution is 2.53. The molecular weight excluding hydrogens is 586 g/mol. The van der Waals surface area contributed by atoms with Gasteiger partial charge in [0.05, 0.1) is 11.6 Å². The number of phenols is 1.